The maximum Gasteiger partial charge on any atom is 0.216 e. The lowest BCUT2D eigenvalue weighted by Crippen LogP contribution is -3.00. The average Bonchev–Trinajstić information content (AvgIpc) is 2.06. The van der Waals surface area contributed by atoms with Crippen LogP contribution in [0, 0.1) is 0 Å². The molecule has 3 nitrogen and oxygen atoms in total. The van der Waals surface area contributed by atoms with Crippen molar-refractivity contribution >= 4 is 27.4 Å². The number of carbonyl (C=O) groups excluding carboxylic acids is 1. The fourth-order valence-electron chi connectivity index (χ4n) is 1.22. The summed E-state index contributed by atoms with van der Waals surface area (Å²) < 4.78 is 1.40. The Morgan fingerprint density at radius 3 is 2.38 bits per heavy atom. The number of hydrogen-bond acceptors (Lipinski definition) is 2. The minimum atomic E-state index is 0. The van der Waals surface area contributed by atoms with Crippen LogP contribution in [0.2, 0.25) is 0 Å². The maximum absolute atomic E-state index is 11.8. The van der Waals surface area contributed by atoms with Crippen molar-refractivity contribution in [3.05, 3.63) is 28.2 Å². The van der Waals surface area contributed by atoms with Gasteiger partial charge in [-0.15, -0.1) is 0 Å². The molecule has 90 valence electrons. The second-order valence-electron chi connectivity index (χ2n) is 4.61. The smallest absolute Gasteiger partial charge is 0.216 e. The standard InChI is InChI=1S/C11H15BrN2O.ClH/c1-14(2,3)7-11(15)8-4-5-10(13)9(12)6-8;/h4-6H,7H2,1-3H3,(H-,13,15);1H. The molecule has 0 aliphatic rings. The monoisotopic (exact) mass is 306 g/mol. The number of rotatable bonds is 3. The zero-order valence-corrected chi connectivity index (χ0v) is 12.0. The molecule has 16 heavy (non-hydrogen) atoms. The van der Waals surface area contributed by atoms with Gasteiger partial charge in [0.25, 0.3) is 0 Å². The number of likely N-dealkylation sites (N-methyl/N-ethyl adjacent to an activating group) is 1. The van der Waals surface area contributed by atoms with Crippen molar-refractivity contribution in [2.24, 2.45) is 0 Å². The average molecular weight is 308 g/mol. The number of hydrogen-bond donors (Lipinski definition) is 1. The lowest BCUT2D eigenvalue weighted by Gasteiger charge is -2.22. The zero-order chi connectivity index (χ0) is 11.6. The molecule has 0 fully saturated rings. The quantitative estimate of drug-likeness (QED) is 0.439. The van der Waals surface area contributed by atoms with Crippen LogP contribution in [0.5, 0.6) is 0 Å². The first-order valence-corrected chi connectivity index (χ1v) is 5.47. The number of anilines is 1. The zero-order valence-electron chi connectivity index (χ0n) is 9.63. The number of Topliss-reactive ketones (excluding diaryl/α,β-unsaturated/α-hetero) is 1. The van der Waals surface area contributed by atoms with E-state index in [0.717, 1.165) is 4.47 Å². The maximum atomic E-state index is 11.8. The van der Waals surface area contributed by atoms with E-state index in [1.807, 2.05) is 21.1 Å². The van der Waals surface area contributed by atoms with Gasteiger partial charge in [0.2, 0.25) is 5.78 Å². The van der Waals surface area contributed by atoms with Crippen molar-refractivity contribution in [2.45, 2.75) is 0 Å². The molecule has 0 unspecified atom stereocenters. The summed E-state index contributed by atoms with van der Waals surface area (Å²) >= 11 is 3.31. The van der Waals surface area contributed by atoms with Crippen LogP contribution in [0.25, 0.3) is 0 Å². The first-order valence-electron chi connectivity index (χ1n) is 4.68. The summed E-state index contributed by atoms with van der Waals surface area (Å²) in [5.41, 5.74) is 7.00. The van der Waals surface area contributed by atoms with Crippen molar-refractivity contribution in [3.63, 3.8) is 0 Å². The Hall–Kier alpha value is -0.580. The predicted octanol–water partition coefficient (Wildman–Crippen LogP) is -1.08. The molecular formula is C11H16BrClN2O. The van der Waals surface area contributed by atoms with Crippen LogP contribution in [0.3, 0.4) is 0 Å². The van der Waals surface area contributed by atoms with E-state index in [4.69, 9.17) is 5.73 Å². The Bertz CT molecular complexity index is 388. The highest BCUT2D eigenvalue weighted by Crippen LogP contribution is 2.20. The normalized spacial score (nSPS) is 10.8. The topological polar surface area (TPSA) is 43.1 Å². The molecule has 0 radical (unpaired) electrons. The summed E-state index contributed by atoms with van der Waals surface area (Å²) in [6, 6.07) is 5.28. The van der Waals surface area contributed by atoms with E-state index in [1.54, 1.807) is 18.2 Å². The number of nitrogen functional groups attached to an aromatic ring is 1. The van der Waals surface area contributed by atoms with Crippen molar-refractivity contribution in [1.82, 2.24) is 0 Å². The molecule has 0 bridgehead atoms. The number of nitrogens with two attached hydrogens (primary N) is 1. The number of halogens is 2. The van der Waals surface area contributed by atoms with E-state index in [9.17, 15) is 4.79 Å². The summed E-state index contributed by atoms with van der Waals surface area (Å²) in [6.45, 7) is 0.482. The summed E-state index contributed by atoms with van der Waals surface area (Å²) in [4.78, 5) is 11.8. The molecule has 0 aromatic heterocycles. The Morgan fingerprint density at radius 1 is 1.38 bits per heavy atom. The summed E-state index contributed by atoms with van der Waals surface area (Å²) in [5, 5.41) is 0. The van der Waals surface area contributed by atoms with Gasteiger partial charge < -0.3 is 22.6 Å². The molecule has 0 heterocycles. The van der Waals surface area contributed by atoms with E-state index >= 15 is 0 Å². The van der Waals surface area contributed by atoms with Gasteiger partial charge in [0.1, 0.15) is 6.54 Å². The predicted molar refractivity (Wildman–Crippen MR) is 65.8 cm³/mol. The number of ketones is 1. The van der Waals surface area contributed by atoms with Crippen molar-refractivity contribution in [3.8, 4) is 0 Å². The third-order valence-electron chi connectivity index (χ3n) is 1.94. The molecule has 0 aliphatic carbocycles. The molecule has 1 rings (SSSR count). The van der Waals surface area contributed by atoms with Crippen LogP contribution in [0.4, 0.5) is 5.69 Å². The van der Waals surface area contributed by atoms with Gasteiger partial charge in [-0.2, -0.15) is 0 Å². The Labute approximate surface area is 111 Å². The van der Waals surface area contributed by atoms with Gasteiger partial charge in [-0.3, -0.25) is 4.79 Å². The fraction of sp³-hybridized carbons (Fsp3) is 0.364. The molecule has 1 aromatic carbocycles. The SMILES string of the molecule is C[N+](C)(C)CC(=O)c1ccc(N)c(Br)c1.[Cl-]. The molecule has 0 amide bonds. The van der Waals surface area contributed by atoms with E-state index in [0.29, 0.717) is 22.3 Å². The van der Waals surface area contributed by atoms with Crippen LogP contribution >= 0.6 is 15.9 Å². The van der Waals surface area contributed by atoms with Gasteiger partial charge in [0, 0.05) is 15.7 Å². The highest BCUT2D eigenvalue weighted by Gasteiger charge is 2.16. The third-order valence-corrected chi connectivity index (χ3v) is 2.63. The van der Waals surface area contributed by atoms with Gasteiger partial charge in [0.15, 0.2) is 0 Å². The number of carbonyl (C=O) groups is 1. The first kappa shape index (κ1) is 15.4. The highest BCUT2D eigenvalue weighted by molar-refractivity contribution is 9.10. The molecule has 5 heteroatoms. The number of nitrogens with zero attached hydrogens (tertiary/aromatic N) is 1. The molecule has 0 aliphatic heterocycles. The Kier molecular flexibility index (Phi) is 5.46. The van der Waals surface area contributed by atoms with Gasteiger partial charge in [0.05, 0.1) is 21.1 Å². The molecule has 0 saturated heterocycles. The molecule has 0 atom stereocenters. The van der Waals surface area contributed by atoms with Crippen LogP contribution < -0.4 is 18.1 Å². The fourth-order valence-corrected chi connectivity index (χ4v) is 1.60. The number of benzene rings is 1. The van der Waals surface area contributed by atoms with Gasteiger partial charge in [-0.25, -0.2) is 0 Å². The van der Waals surface area contributed by atoms with Crippen LogP contribution in [0.15, 0.2) is 22.7 Å². The van der Waals surface area contributed by atoms with E-state index in [1.165, 1.54) is 0 Å². The second kappa shape index (κ2) is 5.66. The lowest BCUT2D eigenvalue weighted by atomic mass is 10.1. The van der Waals surface area contributed by atoms with E-state index < -0.39 is 0 Å². The molecular weight excluding hydrogens is 291 g/mol. The van der Waals surface area contributed by atoms with Crippen LogP contribution in [0.1, 0.15) is 10.4 Å². The first-order chi connectivity index (χ1) is 6.79. The van der Waals surface area contributed by atoms with Crippen LogP contribution in [-0.2, 0) is 0 Å². The van der Waals surface area contributed by atoms with Crippen molar-refractivity contribution in [1.29, 1.82) is 0 Å². The third kappa shape index (κ3) is 4.51. The summed E-state index contributed by atoms with van der Waals surface area (Å²) in [5.74, 6) is 0.128. The van der Waals surface area contributed by atoms with Crippen molar-refractivity contribution in [2.75, 3.05) is 33.4 Å². The summed E-state index contributed by atoms with van der Waals surface area (Å²) in [7, 11) is 5.97. The molecule has 2 N–H and O–H groups in total. The second-order valence-corrected chi connectivity index (χ2v) is 5.46. The lowest BCUT2D eigenvalue weighted by molar-refractivity contribution is -0.861. The highest BCUT2D eigenvalue weighted by atomic mass is 79.9. The molecule has 1 aromatic rings. The molecule has 0 spiro atoms. The minimum Gasteiger partial charge on any atom is -1.00 e. The van der Waals surface area contributed by atoms with E-state index in [2.05, 4.69) is 15.9 Å². The molecule has 0 saturated carbocycles. The van der Waals surface area contributed by atoms with E-state index in [-0.39, 0.29) is 18.2 Å². The summed E-state index contributed by atoms with van der Waals surface area (Å²) in [6.07, 6.45) is 0. The van der Waals surface area contributed by atoms with Crippen LogP contribution in [-0.4, -0.2) is 38.0 Å². The van der Waals surface area contributed by atoms with Gasteiger partial charge in [-0.1, -0.05) is 0 Å². The Morgan fingerprint density at radius 2 is 1.94 bits per heavy atom. The largest absolute Gasteiger partial charge is 1.00 e. The van der Waals surface area contributed by atoms with Gasteiger partial charge >= 0.3 is 0 Å². The van der Waals surface area contributed by atoms with Gasteiger partial charge in [-0.05, 0) is 34.1 Å². The van der Waals surface area contributed by atoms with Crippen molar-refractivity contribution < 1.29 is 21.7 Å². The Balaban J connectivity index is 0.00000225. The number of quaternary nitrogens is 1. The minimum absolute atomic E-state index is 0.